The first-order chi connectivity index (χ1) is 12.2. The Bertz CT molecular complexity index is 1020. The molecular weight excluding hydrogens is 338 g/mol. The SMILES string of the molecule is O=C(NCc1c[nH]c2ccc(Cl)cc12)c1ccc(-c2cnco2)cc1. The zero-order valence-electron chi connectivity index (χ0n) is 13.1. The van der Waals surface area contributed by atoms with Crippen LogP contribution in [0.15, 0.2) is 65.7 Å². The molecule has 0 saturated carbocycles. The summed E-state index contributed by atoms with van der Waals surface area (Å²) in [5.41, 5.74) is 3.44. The number of H-pyrrole nitrogens is 1. The van der Waals surface area contributed by atoms with E-state index in [0.717, 1.165) is 22.0 Å². The van der Waals surface area contributed by atoms with E-state index in [1.165, 1.54) is 6.39 Å². The number of rotatable bonds is 4. The minimum absolute atomic E-state index is 0.138. The lowest BCUT2D eigenvalue weighted by Crippen LogP contribution is -2.22. The number of carbonyl (C=O) groups excluding carboxylic acids is 1. The lowest BCUT2D eigenvalue weighted by molar-refractivity contribution is 0.0951. The Morgan fingerprint density at radius 1 is 1.20 bits per heavy atom. The maximum atomic E-state index is 12.4. The van der Waals surface area contributed by atoms with Crippen molar-refractivity contribution in [2.24, 2.45) is 0 Å². The van der Waals surface area contributed by atoms with Crippen molar-refractivity contribution in [3.05, 3.63) is 77.4 Å². The number of aromatic nitrogens is 2. The van der Waals surface area contributed by atoms with E-state index >= 15 is 0 Å². The lowest BCUT2D eigenvalue weighted by Gasteiger charge is -2.05. The zero-order valence-corrected chi connectivity index (χ0v) is 13.9. The number of oxazole rings is 1. The topological polar surface area (TPSA) is 70.9 Å². The smallest absolute Gasteiger partial charge is 0.251 e. The van der Waals surface area contributed by atoms with Crippen LogP contribution in [0.3, 0.4) is 0 Å². The van der Waals surface area contributed by atoms with Gasteiger partial charge in [-0.1, -0.05) is 23.7 Å². The number of benzene rings is 2. The minimum atomic E-state index is -0.138. The van der Waals surface area contributed by atoms with Gasteiger partial charge in [0.05, 0.1) is 6.20 Å². The molecule has 2 N–H and O–H groups in total. The number of aromatic amines is 1. The molecular formula is C19H14ClN3O2. The van der Waals surface area contributed by atoms with Gasteiger partial charge >= 0.3 is 0 Å². The Balaban J connectivity index is 1.47. The summed E-state index contributed by atoms with van der Waals surface area (Å²) in [4.78, 5) is 19.4. The van der Waals surface area contributed by atoms with Crippen molar-refractivity contribution in [1.82, 2.24) is 15.3 Å². The number of hydrogen-bond donors (Lipinski definition) is 2. The van der Waals surface area contributed by atoms with Gasteiger partial charge in [0.25, 0.3) is 5.91 Å². The summed E-state index contributed by atoms with van der Waals surface area (Å²) in [6.07, 6.45) is 4.90. The van der Waals surface area contributed by atoms with E-state index in [9.17, 15) is 4.79 Å². The van der Waals surface area contributed by atoms with Crippen molar-refractivity contribution in [1.29, 1.82) is 0 Å². The number of carbonyl (C=O) groups is 1. The van der Waals surface area contributed by atoms with E-state index in [2.05, 4.69) is 15.3 Å². The number of amides is 1. The van der Waals surface area contributed by atoms with Crippen LogP contribution in [0.1, 0.15) is 15.9 Å². The monoisotopic (exact) mass is 351 g/mol. The van der Waals surface area contributed by atoms with Crippen LogP contribution in [0.5, 0.6) is 0 Å². The van der Waals surface area contributed by atoms with E-state index in [1.54, 1.807) is 18.3 Å². The molecule has 0 bridgehead atoms. The van der Waals surface area contributed by atoms with Crippen LogP contribution in [-0.4, -0.2) is 15.9 Å². The molecule has 4 rings (SSSR count). The maximum Gasteiger partial charge on any atom is 0.251 e. The van der Waals surface area contributed by atoms with Crippen LogP contribution < -0.4 is 5.32 Å². The molecule has 0 saturated heterocycles. The maximum absolute atomic E-state index is 12.4. The molecule has 6 heteroatoms. The minimum Gasteiger partial charge on any atom is -0.444 e. The molecule has 0 unspecified atom stereocenters. The first-order valence-electron chi connectivity index (χ1n) is 7.73. The number of nitrogens with one attached hydrogen (secondary N) is 2. The summed E-state index contributed by atoms with van der Waals surface area (Å²) in [6, 6.07) is 12.8. The largest absolute Gasteiger partial charge is 0.444 e. The quantitative estimate of drug-likeness (QED) is 0.572. The van der Waals surface area contributed by atoms with Crippen molar-refractivity contribution < 1.29 is 9.21 Å². The van der Waals surface area contributed by atoms with E-state index in [4.69, 9.17) is 16.0 Å². The van der Waals surface area contributed by atoms with Gasteiger partial charge in [0.1, 0.15) is 0 Å². The lowest BCUT2D eigenvalue weighted by atomic mass is 10.1. The van der Waals surface area contributed by atoms with Crippen LogP contribution in [0.2, 0.25) is 5.02 Å². The summed E-state index contributed by atoms with van der Waals surface area (Å²) in [7, 11) is 0. The Morgan fingerprint density at radius 2 is 2.04 bits per heavy atom. The molecule has 1 amide bonds. The number of fused-ring (bicyclic) bond motifs is 1. The molecule has 0 aliphatic rings. The van der Waals surface area contributed by atoms with Gasteiger partial charge in [0.2, 0.25) is 0 Å². The molecule has 4 aromatic rings. The Kier molecular flexibility index (Phi) is 3.99. The molecule has 0 radical (unpaired) electrons. The molecule has 0 spiro atoms. The van der Waals surface area contributed by atoms with Gasteiger partial charge in [-0.3, -0.25) is 4.79 Å². The second-order valence-corrected chi connectivity index (χ2v) is 6.07. The predicted molar refractivity (Wildman–Crippen MR) is 96.4 cm³/mol. The summed E-state index contributed by atoms with van der Waals surface area (Å²) in [5, 5.41) is 4.61. The molecule has 2 heterocycles. The van der Waals surface area contributed by atoms with E-state index in [0.29, 0.717) is 22.9 Å². The van der Waals surface area contributed by atoms with Crippen LogP contribution in [-0.2, 0) is 6.54 Å². The third-order valence-corrected chi connectivity index (χ3v) is 4.27. The second kappa shape index (κ2) is 6.45. The van der Waals surface area contributed by atoms with Gasteiger partial charge in [0.15, 0.2) is 12.2 Å². The fraction of sp³-hybridized carbons (Fsp3) is 0.0526. The Labute approximate surface area is 148 Å². The average molecular weight is 352 g/mol. The van der Waals surface area contributed by atoms with Crippen LogP contribution in [0, 0.1) is 0 Å². The summed E-state index contributed by atoms with van der Waals surface area (Å²) < 4.78 is 5.24. The fourth-order valence-corrected chi connectivity index (χ4v) is 2.89. The van der Waals surface area contributed by atoms with E-state index in [-0.39, 0.29) is 5.91 Å². The first-order valence-corrected chi connectivity index (χ1v) is 8.11. The molecule has 2 aromatic heterocycles. The Hall–Kier alpha value is -3.05. The van der Waals surface area contributed by atoms with Gasteiger partial charge in [-0.05, 0) is 35.9 Å². The van der Waals surface area contributed by atoms with Crippen molar-refractivity contribution in [2.75, 3.05) is 0 Å². The van der Waals surface area contributed by atoms with Crippen LogP contribution in [0.25, 0.3) is 22.2 Å². The number of hydrogen-bond acceptors (Lipinski definition) is 3. The molecule has 25 heavy (non-hydrogen) atoms. The highest BCUT2D eigenvalue weighted by molar-refractivity contribution is 6.31. The van der Waals surface area contributed by atoms with E-state index < -0.39 is 0 Å². The molecule has 0 aliphatic heterocycles. The van der Waals surface area contributed by atoms with E-state index in [1.807, 2.05) is 36.5 Å². The third-order valence-electron chi connectivity index (χ3n) is 4.03. The number of nitrogens with zero attached hydrogens (tertiary/aromatic N) is 1. The van der Waals surface area contributed by atoms with Gasteiger partial charge in [-0.25, -0.2) is 4.98 Å². The van der Waals surface area contributed by atoms with Gasteiger partial charge in [-0.15, -0.1) is 0 Å². The fourth-order valence-electron chi connectivity index (χ4n) is 2.72. The first kappa shape index (κ1) is 15.5. The molecule has 0 fully saturated rings. The summed E-state index contributed by atoms with van der Waals surface area (Å²) in [6.45, 7) is 0.420. The van der Waals surface area contributed by atoms with Crippen molar-refractivity contribution in [2.45, 2.75) is 6.54 Å². The highest BCUT2D eigenvalue weighted by atomic mass is 35.5. The normalized spacial score (nSPS) is 10.9. The average Bonchev–Trinajstić information content (AvgIpc) is 3.30. The van der Waals surface area contributed by atoms with Crippen molar-refractivity contribution in [3.8, 4) is 11.3 Å². The van der Waals surface area contributed by atoms with Crippen molar-refractivity contribution in [3.63, 3.8) is 0 Å². The molecule has 124 valence electrons. The zero-order chi connectivity index (χ0) is 17.2. The standard InChI is InChI=1S/C19H14ClN3O2/c20-15-5-6-17-16(7-15)14(8-22-17)9-23-19(24)13-3-1-12(2-4-13)18-10-21-11-25-18/h1-8,10-11,22H,9H2,(H,23,24). The highest BCUT2D eigenvalue weighted by Crippen LogP contribution is 2.22. The summed E-state index contributed by atoms with van der Waals surface area (Å²) in [5.74, 6) is 0.531. The highest BCUT2D eigenvalue weighted by Gasteiger charge is 2.09. The molecule has 0 aliphatic carbocycles. The molecule has 0 atom stereocenters. The Morgan fingerprint density at radius 3 is 2.80 bits per heavy atom. The second-order valence-electron chi connectivity index (χ2n) is 5.63. The predicted octanol–water partition coefficient (Wildman–Crippen LogP) is 4.41. The molecule has 2 aromatic carbocycles. The van der Waals surface area contributed by atoms with Gasteiger partial charge in [0, 0.05) is 39.8 Å². The number of halogens is 1. The third kappa shape index (κ3) is 3.14. The van der Waals surface area contributed by atoms with Gasteiger partial charge < -0.3 is 14.7 Å². The molecule has 5 nitrogen and oxygen atoms in total. The summed E-state index contributed by atoms with van der Waals surface area (Å²) >= 11 is 6.05. The van der Waals surface area contributed by atoms with Crippen LogP contribution in [0.4, 0.5) is 0 Å². The van der Waals surface area contributed by atoms with Crippen molar-refractivity contribution >= 4 is 28.4 Å². The van der Waals surface area contributed by atoms with Gasteiger partial charge in [-0.2, -0.15) is 0 Å². The van der Waals surface area contributed by atoms with Crippen LogP contribution >= 0.6 is 11.6 Å².